The molecule has 0 spiro atoms. The molecule has 2 aromatic heterocycles. The molecule has 1 saturated carbocycles. The predicted molar refractivity (Wildman–Crippen MR) is 108 cm³/mol. The zero-order valence-corrected chi connectivity index (χ0v) is 16.1. The molecule has 0 bridgehead atoms. The molecule has 2 heterocycles. The highest BCUT2D eigenvalue weighted by atomic mass is 32.2. The standard InChI is InChI=1S/C20H19N5O2S/c1-28(27)23-17-4-6-19(15(8-17)9-21)16-10-22-25(12-16)18-5-7-20(26)24(13-18)11-14-2-3-14/h4-8,10,12-14,23H,2-3,11H2,1H3. The van der Waals surface area contributed by atoms with Gasteiger partial charge in [-0.25, -0.2) is 8.89 Å². The fourth-order valence-electron chi connectivity index (χ4n) is 3.10. The van der Waals surface area contributed by atoms with Crippen LogP contribution in [-0.2, 0) is 17.5 Å². The van der Waals surface area contributed by atoms with Crippen LogP contribution in [0.1, 0.15) is 18.4 Å². The summed E-state index contributed by atoms with van der Waals surface area (Å²) in [5, 5.41) is 13.9. The summed E-state index contributed by atoms with van der Waals surface area (Å²) in [6.07, 6.45) is 9.24. The summed E-state index contributed by atoms with van der Waals surface area (Å²) in [5.74, 6) is 0.601. The molecule has 1 aliphatic rings. The first-order chi connectivity index (χ1) is 13.5. The van der Waals surface area contributed by atoms with Gasteiger partial charge in [0.15, 0.2) is 0 Å². The topological polar surface area (TPSA) is 92.7 Å². The summed E-state index contributed by atoms with van der Waals surface area (Å²) < 4.78 is 17.6. The highest BCUT2D eigenvalue weighted by Crippen LogP contribution is 2.30. The van der Waals surface area contributed by atoms with Crippen molar-refractivity contribution >= 4 is 16.7 Å². The van der Waals surface area contributed by atoms with Gasteiger partial charge in [0.1, 0.15) is 11.0 Å². The Labute approximate surface area is 164 Å². The Morgan fingerprint density at radius 3 is 2.82 bits per heavy atom. The third-order valence-corrected chi connectivity index (χ3v) is 5.20. The minimum Gasteiger partial charge on any atom is -0.313 e. The van der Waals surface area contributed by atoms with Crippen LogP contribution in [0.4, 0.5) is 5.69 Å². The Morgan fingerprint density at radius 2 is 2.11 bits per heavy atom. The average Bonchev–Trinajstić information content (AvgIpc) is 3.36. The lowest BCUT2D eigenvalue weighted by molar-refractivity contribution is 0.603. The van der Waals surface area contributed by atoms with E-state index < -0.39 is 11.0 Å². The maximum Gasteiger partial charge on any atom is 0.250 e. The smallest absolute Gasteiger partial charge is 0.250 e. The molecule has 1 atom stereocenters. The van der Waals surface area contributed by atoms with Crippen LogP contribution >= 0.6 is 0 Å². The Kier molecular flexibility index (Phi) is 4.84. The second-order valence-electron chi connectivity index (χ2n) is 6.92. The number of aromatic nitrogens is 3. The lowest BCUT2D eigenvalue weighted by atomic mass is 10.0. The molecule has 7 nitrogen and oxygen atoms in total. The van der Waals surface area contributed by atoms with E-state index in [2.05, 4.69) is 15.9 Å². The highest BCUT2D eigenvalue weighted by Gasteiger charge is 2.22. The van der Waals surface area contributed by atoms with Gasteiger partial charge in [-0.2, -0.15) is 10.4 Å². The largest absolute Gasteiger partial charge is 0.313 e. The quantitative estimate of drug-likeness (QED) is 0.697. The molecule has 8 heteroatoms. The van der Waals surface area contributed by atoms with Gasteiger partial charge in [0.2, 0.25) is 0 Å². The van der Waals surface area contributed by atoms with Crippen LogP contribution in [0.5, 0.6) is 0 Å². The molecule has 0 amide bonds. The van der Waals surface area contributed by atoms with Crippen molar-refractivity contribution in [3.05, 3.63) is 64.8 Å². The Hall–Kier alpha value is -3.18. The summed E-state index contributed by atoms with van der Waals surface area (Å²) >= 11 is 0. The molecule has 1 fully saturated rings. The number of nitrogens with zero attached hydrogens (tertiary/aromatic N) is 4. The number of pyridine rings is 1. The van der Waals surface area contributed by atoms with Gasteiger partial charge in [-0.1, -0.05) is 6.07 Å². The molecule has 1 aliphatic carbocycles. The summed E-state index contributed by atoms with van der Waals surface area (Å²) in [7, 11) is -1.21. The van der Waals surface area contributed by atoms with E-state index in [-0.39, 0.29) is 5.56 Å². The van der Waals surface area contributed by atoms with E-state index in [9.17, 15) is 14.3 Å². The van der Waals surface area contributed by atoms with E-state index in [4.69, 9.17) is 0 Å². The van der Waals surface area contributed by atoms with Crippen LogP contribution in [0, 0.1) is 17.2 Å². The first kappa shape index (κ1) is 18.2. The fourth-order valence-corrected chi connectivity index (χ4v) is 3.56. The van der Waals surface area contributed by atoms with Gasteiger partial charge in [-0.3, -0.25) is 4.79 Å². The minimum atomic E-state index is -1.21. The molecule has 1 unspecified atom stereocenters. The minimum absolute atomic E-state index is 0.00815. The number of nitrogens with one attached hydrogen (secondary N) is 1. The van der Waals surface area contributed by atoms with Gasteiger partial charge in [-0.15, -0.1) is 0 Å². The number of anilines is 1. The molecule has 0 saturated heterocycles. The zero-order valence-electron chi connectivity index (χ0n) is 15.3. The lowest BCUT2D eigenvalue weighted by Crippen LogP contribution is -2.20. The van der Waals surface area contributed by atoms with Gasteiger partial charge in [0.05, 0.1) is 23.5 Å². The van der Waals surface area contributed by atoms with Crippen molar-refractivity contribution in [1.82, 2.24) is 14.3 Å². The SMILES string of the molecule is CS(=O)Nc1ccc(-c2cnn(-c3ccc(=O)n(CC4CC4)c3)c2)c(C#N)c1. The van der Waals surface area contributed by atoms with Gasteiger partial charge < -0.3 is 9.29 Å². The number of hydrogen-bond acceptors (Lipinski definition) is 4. The molecular formula is C20H19N5O2S. The van der Waals surface area contributed by atoms with Crippen molar-refractivity contribution in [1.29, 1.82) is 5.26 Å². The summed E-state index contributed by atoms with van der Waals surface area (Å²) in [6, 6.07) is 10.7. The Morgan fingerprint density at radius 1 is 1.29 bits per heavy atom. The van der Waals surface area contributed by atoms with Crippen molar-refractivity contribution in [2.24, 2.45) is 5.92 Å². The van der Waals surface area contributed by atoms with Crippen LogP contribution in [0.2, 0.25) is 0 Å². The maximum absolute atomic E-state index is 12.1. The second kappa shape index (κ2) is 7.44. The summed E-state index contributed by atoms with van der Waals surface area (Å²) in [4.78, 5) is 12.1. The molecule has 1 aromatic carbocycles. The summed E-state index contributed by atoms with van der Waals surface area (Å²) in [6.45, 7) is 0.743. The van der Waals surface area contributed by atoms with E-state index in [0.717, 1.165) is 23.4 Å². The first-order valence-corrected chi connectivity index (χ1v) is 10.5. The van der Waals surface area contributed by atoms with Crippen molar-refractivity contribution in [3.63, 3.8) is 0 Å². The van der Waals surface area contributed by atoms with Crippen LogP contribution in [-0.4, -0.2) is 24.8 Å². The van der Waals surface area contributed by atoms with Crippen molar-refractivity contribution < 1.29 is 4.21 Å². The molecule has 0 aliphatic heterocycles. The number of benzene rings is 1. The highest BCUT2D eigenvalue weighted by molar-refractivity contribution is 7.85. The first-order valence-electron chi connectivity index (χ1n) is 8.93. The fraction of sp³-hybridized carbons (Fsp3) is 0.250. The van der Waals surface area contributed by atoms with E-state index in [1.165, 1.54) is 19.1 Å². The van der Waals surface area contributed by atoms with Crippen molar-refractivity contribution in [3.8, 4) is 22.9 Å². The average molecular weight is 393 g/mol. The van der Waals surface area contributed by atoms with E-state index in [1.807, 2.05) is 18.5 Å². The second-order valence-corrected chi connectivity index (χ2v) is 8.04. The Balaban J connectivity index is 1.65. The molecule has 3 aromatic rings. The molecule has 28 heavy (non-hydrogen) atoms. The maximum atomic E-state index is 12.1. The lowest BCUT2D eigenvalue weighted by Gasteiger charge is -2.08. The number of hydrogen-bond donors (Lipinski definition) is 1. The Bertz CT molecular complexity index is 1150. The van der Waals surface area contributed by atoms with Crippen molar-refractivity contribution in [2.75, 3.05) is 11.0 Å². The molecule has 4 rings (SSSR count). The summed E-state index contributed by atoms with van der Waals surface area (Å²) in [5.41, 5.74) is 3.42. The van der Waals surface area contributed by atoms with E-state index >= 15 is 0 Å². The predicted octanol–water partition coefficient (Wildman–Crippen LogP) is 2.69. The third kappa shape index (κ3) is 3.89. The van der Waals surface area contributed by atoms with Gasteiger partial charge in [0.25, 0.3) is 5.56 Å². The van der Waals surface area contributed by atoms with Crippen molar-refractivity contribution in [2.45, 2.75) is 19.4 Å². The van der Waals surface area contributed by atoms with E-state index in [0.29, 0.717) is 17.2 Å². The molecule has 0 radical (unpaired) electrons. The molecular weight excluding hydrogens is 374 g/mol. The number of rotatable bonds is 6. The zero-order chi connectivity index (χ0) is 19.7. The van der Waals surface area contributed by atoms with Gasteiger partial charge in [-0.05, 0) is 37.0 Å². The number of nitriles is 1. The molecule has 142 valence electrons. The third-order valence-electron chi connectivity index (χ3n) is 4.68. The van der Waals surface area contributed by atoms with Crippen LogP contribution in [0.25, 0.3) is 16.8 Å². The van der Waals surface area contributed by atoms with E-state index in [1.54, 1.807) is 39.7 Å². The molecule has 1 N–H and O–H groups in total. The normalized spacial score (nSPS) is 14.4. The van der Waals surface area contributed by atoms with Gasteiger partial charge >= 0.3 is 0 Å². The van der Waals surface area contributed by atoms with Crippen LogP contribution in [0.15, 0.2) is 53.7 Å². The van der Waals surface area contributed by atoms with Crippen LogP contribution < -0.4 is 10.3 Å². The van der Waals surface area contributed by atoms with Gasteiger partial charge in [0, 0.05) is 48.1 Å². The monoisotopic (exact) mass is 393 g/mol. The van der Waals surface area contributed by atoms with Crippen LogP contribution in [0.3, 0.4) is 0 Å².